The number of benzene rings is 2. The molecule has 3 aliphatic heterocycles. The van der Waals surface area contributed by atoms with Crippen molar-refractivity contribution in [2.24, 2.45) is 5.73 Å². The standard InChI is InChI=1S/C28H28N6O4S/c1-16-13-19(38-18-5-3-2-4-6-18)7-8-20(16)34-21-9-11-30-27-23(21)24(32-28(34)37)25(39-27)26(36)31-17-10-12-33(15-17)22(35)14-29/h2-9,11,13,17,24-25H,10,12,14-15,29H2,1H3,(H,31,36)(H,32,37)/t17?,24?,25-/m1/s1. The molecule has 0 spiro atoms. The molecule has 1 fully saturated rings. The molecule has 4 amide bonds. The van der Waals surface area contributed by atoms with E-state index in [-0.39, 0.29) is 30.4 Å². The van der Waals surface area contributed by atoms with E-state index in [0.29, 0.717) is 36.6 Å². The van der Waals surface area contributed by atoms with Crippen molar-refractivity contribution in [3.05, 3.63) is 71.9 Å². The first kappa shape index (κ1) is 25.2. The zero-order chi connectivity index (χ0) is 27.1. The molecule has 2 aromatic carbocycles. The number of carbonyl (C=O) groups is 3. The van der Waals surface area contributed by atoms with E-state index < -0.39 is 11.3 Å². The Morgan fingerprint density at radius 3 is 2.74 bits per heavy atom. The number of aryl methyl sites for hydroxylation is 1. The highest BCUT2D eigenvalue weighted by Crippen LogP contribution is 2.51. The first-order valence-corrected chi connectivity index (χ1v) is 13.7. The number of anilines is 2. The van der Waals surface area contributed by atoms with Crippen LogP contribution in [-0.2, 0) is 9.59 Å². The lowest BCUT2D eigenvalue weighted by Gasteiger charge is -2.35. The summed E-state index contributed by atoms with van der Waals surface area (Å²) in [4.78, 5) is 46.6. The van der Waals surface area contributed by atoms with Gasteiger partial charge in [-0.05, 0) is 55.3 Å². The minimum absolute atomic E-state index is 0.0459. The zero-order valence-corrected chi connectivity index (χ0v) is 22.1. The van der Waals surface area contributed by atoms with E-state index in [1.54, 1.807) is 16.0 Å². The number of carbonyl (C=O) groups excluding carboxylic acids is 3. The minimum Gasteiger partial charge on any atom is -0.457 e. The van der Waals surface area contributed by atoms with Crippen LogP contribution in [0.1, 0.15) is 23.6 Å². The average molecular weight is 545 g/mol. The number of nitrogens with one attached hydrogen (secondary N) is 2. The zero-order valence-electron chi connectivity index (χ0n) is 21.3. The molecular formula is C28H28N6O4S. The van der Waals surface area contributed by atoms with Crippen LogP contribution < -0.4 is 26.0 Å². The minimum atomic E-state index is -0.568. The van der Waals surface area contributed by atoms with Gasteiger partial charge in [-0.1, -0.05) is 30.0 Å². The molecule has 4 heterocycles. The van der Waals surface area contributed by atoms with E-state index in [9.17, 15) is 14.4 Å². The average Bonchev–Trinajstić information content (AvgIpc) is 3.55. The Kier molecular flexibility index (Phi) is 6.61. The number of thioether (sulfide) groups is 1. The van der Waals surface area contributed by atoms with Crippen molar-refractivity contribution in [1.82, 2.24) is 20.5 Å². The summed E-state index contributed by atoms with van der Waals surface area (Å²) < 4.78 is 5.96. The normalized spacial score (nSPS) is 21.4. The third-order valence-electron chi connectivity index (χ3n) is 7.21. The van der Waals surface area contributed by atoms with E-state index in [1.165, 1.54) is 11.8 Å². The first-order chi connectivity index (χ1) is 18.9. The van der Waals surface area contributed by atoms with Crippen LogP contribution in [0.4, 0.5) is 16.2 Å². The highest BCUT2D eigenvalue weighted by Gasteiger charge is 2.47. The van der Waals surface area contributed by atoms with Crippen LogP contribution in [-0.4, -0.2) is 58.7 Å². The summed E-state index contributed by atoms with van der Waals surface area (Å²) in [5.41, 5.74) is 8.59. The van der Waals surface area contributed by atoms with Gasteiger partial charge in [0.25, 0.3) is 0 Å². The number of amides is 4. The Labute approximate surface area is 229 Å². The molecule has 200 valence electrons. The molecule has 10 nitrogen and oxygen atoms in total. The molecule has 0 radical (unpaired) electrons. The van der Waals surface area contributed by atoms with Crippen molar-refractivity contribution in [2.75, 3.05) is 24.5 Å². The van der Waals surface area contributed by atoms with Crippen LogP contribution in [0.2, 0.25) is 0 Å². The predicted molar refractivity (Wildman–Crippen MR) is 147 cm³/mol. The molecule has 0 bridgehead atoms. The van der Waals surface area contributed by atoms with Gasteiger partial charge in [0.05, 0.1) is 24.0 Å². The fourth-order valence-electron chi connectivity index (χ4n) is 5.35. The van der Waals surface area contributed by atoms with Crippen molar-refractivity contribution in [3.8, 4) is 11.5 Å². The van der Waals surface area contributed by atoms with Crippen LogP contribution in [0.3, 0.4) is 0 Å². The molecular weight excluding hydrogens is 516 g/mol. The molecule has 0 aliphatic carbocycles. The highest BCUT2D eigenvalue weighted by molar-refractivity contribution is 8.01. The molecule has 3 aromatic rings. The van der Waals surface area contributed by atoms with Crippen molar-refractivity contribution in [3.63, 3.8) is 0 Å². The topological polar surface area (TPSA) is 130 Å². The third-order valence-corrected chi connectivity index (χ3v) is 8.50. The Morgan fingerprint density at radius 2 is 1.97 bits per heavy atom. The number of urea groups is 1. The second-order valence-corrected chi connectivity index (χ2v) is 10.9. The molecule has 3 aliphatic rings. The lowest BCUT2D eigenvalue weighted by atomic mass is 9.99. The number of nitrogens with two attached hydrogens (primary N) is 1. The predicted octanol–water partition coefficient (Wildman–Crippen LogP) is 3.23. The van der Waals surface area contributed by atoms with Gasteiger partial charge in [0.1, 0.15) is 21.8 Å². The Hall–Kier alpha value is -4.09. The van der Waals surface area contributed by atoms with Crippen molar-refractivity contribution in [1.29, 1.82) is 0 Å². The van der Waals surface area contributed by atoms with Gasteiger partial charge in [-0.25, -0.2) is 9.78 Å². The Morgan fingerprint density at radius 1 is 1.15 bits per heavy atom. The van der Waals surface area contributed by atoms with Gasteiger partial charge in [0.2, 0.25) is 11.8 Å². The van der Waals surface area contributed by atoms with Gasteiger partial charge in [0.15, 0.2) is 0 Å². The summed E-state index contributed by atoms with van der Waals surface area (Å²) in [5, 5.41) is 6.26. The Balaban J connectivity index is 1.23. The largest absolute Gasteiger partial charge is 0.457 e. The van der Waals surface area contributed by atoms with Gasteiger partial charge >= 0.3 is 6.03 Å². The lowest BCUT2D eigenvalue weighted by Crippen LogP contribution is -2.50. The quantitative estimate of drug-likeness (QED) is 0.434. The fourth-order valence-corrected chi connectivity index (χ4v) is 6.58. The van der Waals surface area contributed by atoms with Gasteiger partial charge < -0.3 is 26.0 Å². The van der Waals surface area contributed by atoms with Crippen LogP contribution in [0.25, 0.3) is 0 Å². The Bertz CT molecular complexity index is 1450. The van der Waals surface area contributed by atoms with Crippen molar-refractivity contribution in [2.45, 2.75) is 35.7 Å². The number of likely N-dealkylation sites (tertiary alicyclic amines) is 1. The molecule has 1 saturated heterocycles. The number of ether oxygens (including phenoxy) is 1. The highest BCUT2D eigenvalue weighted by atomic mass is 32.2. The van der Waals surface area contributed by atoms with Gasteiger partial charge in [0, 0.05) is 30.9 Å². The van der Waals surface area contributed by atoms with Crippen LogP contribution >= 0.6 is 11.8 Å². The molecule has 1 aromatic heterocycles. The van der Waals surface area contributed by atoms with Gasteiger partial charge in [-0.3, -0.25) is 14.5 Å². The maximum atomic E-state index is 13.5. The number of aromatic nitrogens is 1. The number of nitrogens with zero attached hydrogens (tertiary/aromatic N) is 3. The van der Waals surface area contributed by atoms with Crippen molar-refractivity contribution < 1.29 is 19.1 Å². The molecule has 6 rings (SSSR count). The van der Waals surface area contributed by atoms with E-state index in [2.05, 4.69) is 15.6 Å². The van der Waals surface area contributed by atoms with Gasteiger partial charge in [-0.15, -0.1) is 0 Å². The maximum Gasteiger partial charge on any atom is 0.327 e. The van der Waals surface area contributed by atoms with Crippen LogP contribution in [0, 0.1) is 6.92 Å². The maximum absolute atomic E-state index is 13.5. The SMILES string of the molecule is Cc1cc(Oc2ccccc2)ccc1N1C(=O)NC2c3c1ccnc3S[C@H]2C(=O)NC1CCN(C(=O)CN)C1. The van der Waals surface area contributed by atoms with Crippen molar-refractivity contribution >= 4 is 41.0 Å². The van der Waals surface area contributed by atoms with Crippen LogP contribution in [0.15, 0.2) is 65.8 Å². The number of hydrogen-bond donors (Lipinski definition) is 3. The number of para-hydroxylation sites is 1. The summed E-state index contributed by atoms with van der Waals surface area (Å²) in [6, 6.07) is 15.9. The molecule has 3 atom stereocenters. The van der Waals surface area contributed by atoms with Crippen LogP contribution in [0.5, 0.6) is 11.5 Å². The number of hydrogen-bond acceptors (Lipinski definition) is 7. The second kappa shape index (κ2) is 10.2. The summed E-state index contributed by atoms with van der Waals surface area (Å²) >= 11 is 1.35. The molecule has 39 heavy (non-hydrogen) atoms. The summed E-state index contributed by atoms with van der Waals surface area (Å²) in [6.45, 7) is 2.88. The molecule has 4 N–H and O–H groups in total. The summed E-state index contributed by atoms with van der Waals surface area (Å²) in [7, 11) is 0. The monoisotopic (exact) mass is 544 g/mol. The summed E-state index contributed by atoms with van der Waals surface area (Å²) in [6.07, 6.45) is 2.33. The molecule has 0 saturated carbocycles. The summed E-state index contributed by atoms with van der Waals surface area (Å²) in [5.74, 6) is 1.09. The fraction of sp³-hybridized carbons (Fsp3) is 0.286. The molecule has 2 unspecified atom stereocenters. The third kappa shape index (κ3) is 4.68. The second-order valence-electron chi connectivity index (χ2n) is 9.75. The van der Waals surface area contributed by atoms with Gasteiger partial charge in [-0.2, -0.15) is 0 Å². The van der Waals surface area contributed by atoms with E-state index >= 15 is 0 Å². The smallest absolute Gasteiger partial charge is 0.327 e. The van der Waals surface area contributed by atoms with E-state index in [0.717, 1.165) is 21.9 Å². The molecule has 11 heteroatoms. The first-order valence-electron chi connectivity index (χ1n) is 12.8. The van der Waals surface area contributed by atoms with E-state index in [1.807, 2.05) is 61.5 Å². The number of rotatable bonds is 6. The lowest BCUT2D eigenvalue weighted by molar-refractivity contribution is -0.129. The van der Waals surface area contributed by atoms with E-state index in [4.69, 9.17) is 10.5 Å². The number of pyridine rings is 1.